The van der Waals surface area contributed by atoms with Gasteiger partial charge in [0.1, 0.15) is 5.82 Å². The average Bonchev–Trinajstić information content (AvgIpc) is 3.67. The summed E-state index contributed by atoms with van der Waals surface area (Å²) in [7, 11) is 0. The van der Waals surface area contributed by atoms with E-state index in [-0.39, 0.29) is 24.8 Å². The standard InChI is InChI=1S/C29H27N7S.2ClH/c1-4-7-27-31-28-18(2)14-22(25-17-37-19(3)30-25)15-26(28)36(27)16-20-10-12-21(13-11-20)23-8-5-6-9-24(23)29-32-34-35-33-29;;/h5-6,8-15,17H,4,7,16H2,1-3H3,(H,32,33,34,35);2*1H. The number of fused-ring (bicyclic) bond motifs is 1. The summed E-state index contributed by atoms with van der Waals surface area (Å²) in [5.41, 5.74) is 10.0. The molecule has 6 aromatic rings. The Morgan fingerprint density at radius 2 is 1.67 bits per heavy atom. The summed E-state index contributed by atoms with van der Waals surface area (Å²) in [5, 5.41) is 17.7. The number of rotatable bonds is 7. The number of aromatic nitrogens is 7. The molecule has 1 N–H and O–H groups in total. The molecule has 0 unspecified atom stereocenters. The molecule has 0 spiro atoms. The highest BCUT2D eigenvalue weighted by molar-refractivity contribution is 7.09. The SMILES string of the molecule is CCCc1nc2c(C)cc(-c3csc(C)n3)cc2n1Cc1ccc(-c2ccccc2-c2nnn[nH]2)cc1.Cl.Cl. The minimum Gasteiger partial charge on any atom is -0.323 e. The van der Waals surface area contributed by atoms with Crippen molar-refractivity contribution < 1.29 is 0 Å². The summed E-state index contributed by atoms with van der Waals surface area (Å²) in [6, 6.07) is 21.4. The summed E-state index contributed by atoms with van der Waals surface area (Å²) in [5.74, 6) is 1.79. The molecule has 0 saturated heterocycles. The molecule has 10 heteroatoms. The second kappa shape index (κ2) is 12.1. The first-order chi connectivity index (χ1) is 18.1. The molecule has 0 aliphatic heterocycles. The molecule has 0 radical (unpaired) electrons. The topological polar surface area (TPSA) is 85.2 Å². The number of nitrogens with one attached hydrogen (secondary N) is 1. The van der Waals surface area contributed by atoms with Crippen LogP contribution in [0.1, 0.15) is 35.3 Å². The molecule has 0 aliphatic rings. The third-order valence-corrected chi connectivity index (χ3v) is 7.42. The van der Waals surface area contributed by atoms with E-state index in [1.54, 1.807) is 11.3 Å². The molecule has 3 aromatic carbocycles. The lowest BCUT2D eigenvalue weighted by Gasteiger charge is -2.12. The average molecular weight is 579 g/mol. The maximum Gasteiger partial charge on any atom is 0.180 e. The molecular formula is C29H29Cl2N7S. The Morgan fingerprint density at radius 1 is 0.897 bits per heavy atom. The quantitative estimate of drug-likeness (QED) is 0.212. The maximum atomic E-state index is 5.07. The molecule has 3 heterocycles. The van der Waals surface area contributed by atoms with Crippen LogP contribution in [0.3, 0.4) is 0 Å². The predicted octanol–water partition coefficient (Wildman–Crippen LogP) is 7.47. The van der Waals surface area contributed by atoms with Crippen LogP contribution in [-0.2, 0) is 13.0 Å². The van der Waals surface area contributed by atoms with Gasteiger partial charge in [-0.1, -0.05) is 55.5 Å². The molecule has 0 bridgehead atoms. The van der Waals surface area contributed by atoms with E-state index in [9.17, 15) is 0 Å². The van der Waals surface area contributed by atoms with Gasteiger partial charge in [0, 0.05) is 29.5 Å². The Labute approximate surface area is 243 Å². The first kappa shape index (κ1) is 28.4. The molecule has 39 heavy (non-hydrogen) atoms. The van der Waals surface area contributed by atoms with Gasteiger partial charge in [0.25, 0.3) is 0 Å². The number of imidazole rings is 1. The zero-order valence-electron chi connectivity index (χ0n) is 21.9. The van der Waals surface area contributed by atoms with Crippen LogP contribution in [-0.4, -0.2) is 35.2 Å². The molecule has 200 valence electrons. The highest BCUT2D eigenvalue weighted by Crippen LogP contribution is 2.32. The van der Waals surface area contributed by atoms with Crippen molar-refractivity contribution in [3.05, 3.63) is 88.0 Å². The third kappa shape index (κ3) is 5.59. The van der Waals surface area contributed by atoms with E-state index in [0.717, 1.165) is 69.2 Å². The van der Waals surface area contributed by atoms with Crippen molar-refractivity contribution in [2.75, 3.05) is 0 Å². The second-order valence-corrected chi connectivity index (χ2v) is 10.3. The minimum atomic E-state index is 0. The lowest BCUT2D eigenvalue weighted by Crippen LogP contribution is -2.05. The van der Waals surface area contributed by atoms with Gasteiger partial charge >= 0.3 is 0 Å². The van der Waals surface area contributed by atoms with Crippen LogP contribution in [0.5, 0.6) is 0 Å². The molecule has 0 saturated carbocycles. The van der Waals surface area contributed by atoms with E-state index in [1.807, 2.05) is 25.1 Å². The number of hydrogen-bond donors (Lipinski definition) is 1. The van der Waals surface area contributed by atoms with Gasteiger partial charge < -0.3 is 4.57 Å². The largest absolute Gasteiger partial charge is 0.323 e. The van der Waals surface area contributed by atoms with Gasteiger partial charge in [0.2, 0.25) is 0 Å². The van der Waals surface area contributed by atoms with E-state index >= 15 is 0 Å². The molecule has 7 nitrogen and oxygen atoms in total. The van der Waals surface area contributed by atoms with Crippen LogP contribution in [0.15, 0.2) is 66.0 Å². The van der Waals surface area contributed by atoms with E-state index < -0.39 is 0 Å². The van der Waals surface area contributed by atoms with Gasteiger partial charge in [-0.25, -0.2) is 15.1 Å². The van der Waals surface area contributed by atoms with Gasteiger partial charge in [0.15, 0.2) is 5.82 Å². The maximum absolute atomic E-state index is 5.07. The highest BCUT2D eigenvalue weighted by Gasteiger charge is 2.16. The van der Waals surface area contributed by atoms with Crippen LogP contribution in [0.4, 0.5) is 0 Å². The Kier molecular flexibility index (Phi) is 8.80. The number of aromatic amines is 1. The van der Waals surface area contributed by atoms with Gasteiger partial charge in [-0.05, 0) is 65.1 Å². The van der Waals surface area contributed by atoms with Crippen molar-refractivity contribution in [3.8, 4) is 33.8 Å². The smallest absolute Gasteiger partial charge is 0.180 e. The zero-order valence-corrected chi connectivity index (χ0v) is 24.3. The Hall–Kier alpha value is -3.59. The van der Waals surface area contributed by atoms with Gasteiger partial charge in [-0.3, -0.25) is 0 Å². The number of tetrazole rings is 1. The van der Waals surface area contributed by atoms with E-state index in [0.29, 0.717) is 5.82 Å². The van der Waals surface area contributed by atoms with Crippen LogP contribution in [0.2, 0.25) is 0 Å². The highest BCUT2D eigenvalue weighted by atomic mass is 35.5. The fraction of sp³-hybridized carbons (Fsp3) is 0.207. The minimum absolute atomic E-state index is 0. The van der Waals surface area contributed by atoms with Gasteiger partial charge in [-0.15, -0.1) is 41.2 Å². The number of H-pyrrole nitrogens is 1. The van der Waals surface area contributed by atoms with Crippen molar-refractivity contribution >= 4 is 47.2 Å². The number of aryl methyl sites for hydroxylation is 3. The lowest BCUT2D eigenvalue weighted by molar-refractivity contribution is 0.722. The van der Waals surface area contributed by atoms with E-state index in [2.05, 4.69) is 86.9 Å². The van der Waals surface area contributed by atoms with E-state index in [1.165, 1.54) is 11.1 Å². The molecule has 0 amide bonds. The summed E-state index contributed by atoms with van der Waals surface area (Å²) >= 11 is 1.68. The number of halogens is 2. The Morgan fingerprint density at radius 3 is 2.33 bits per heavy atom. The molecule has 3 aromatic heterocycles. The zero-order chi connectivity index (χ0) is 25.4. The molecule has 0 aliphatic carbocycles. The lowest BCUT2D eigenvalue weighted by atomic mass is 9.98. The van der Waals surface area contributed by atoms with Gasteiger partial charge in [-0.2, -0.15) is 0 Å². The Bertz CT molecular complexity index is 1690. The first-order valence-electron chi connectivity index (χ1n) is 12.5. The van der Waals surface area contributed by atoms with Crippen molar-refractivity contribution in [2.45, 2.75) is 40.2 Å². The predicted molar refractivity (Wildman–Crippen MR) is 163 cm³/mol. The number of thiazole rings is 1. The normalized spacial score (nSPS) is 10.8. The van der Waals surface area contributed by atoms with E-state index in [4.69, 9.17) is 9.97 Å². The summed E-state index contributed by atoms with van der Waals surface area (Å²) in [6.45, 7) is 7.16. The molecule has 6 rings (SSSR count). The number of benzene rings is 3. The van der Waals surface area contributed by atoms with Crippen molar-refractivity contribution in [1.82, 2.24) is 35.2 Å². The van der Waals surface area contributed by atoms with Crippen LogP contribution < -0.4 is 0 Å². The third-order valence-electron chi connectivity index (χ3n) is 6.65. The van der Waals surface area contributed by atoms with Crippen molar-refractivity contribution in [2.24, 2.45) is 0 Å². The first-order valence-corrected chi connectivity index (χ1v) is 13.3. The van der Waals surface area contributed by atoms with Crippen molar-refractivity contribution in [1.29, 1.82) is 0 Å². The van der Waals surface area contributed by atoms with Crippen molar-refractivity contribution in [3.63, 3.8) is 0 Å². The Balaban J connectivity index is 0.00000176. The fourth-order valence-electron chi connectivity index (χ4n) is 4.86. The molecule has 0 atom stereocenters. The summed E-state index contributed by atoms with van der Waals surface area (Å²) < 4.78 is 2.37. The monoisotopic (exact) mass is 577 g/mol. The van der Waals surface area contributed by atoms with Crippen LogP contribution >= 0.6 is 36.2 Å². The second-order valence-electron chi connectivity index (χ2n) is 9.27. The van der Waals surface area contributed by atoms with Gasteiger partial charge in [0.05, 0.1) is 21.7 Å². The van der Waals surface area contributed by atoms with Crippen LogP contribution in [0, 0.1) is 13.8 Å². The van der Waals surface area contributed by atoms with Crippen LogP contribution in [0.25, 0.3) is 44.8 Å². The number of nitrogens with zero attached hydrogens (tertiary/aromatic N) is 6. The summed E-state index contributed by atoms with van der Waals surface area (Å²) in [6.07, 6.45) is 1.99. The summed E-state index contributed by atoms with van der Waals surface area (Å²) in [4.78, 5) is 9.79. The number of hydrogen-bond acceptors (Lipinski definition) is 6. The molecular weight excluding hydrogens is 549 g/mol. The fourth-order valence-corrected chi connectivity index (χ4v) is 5.48. The molecule has 0 fully saturated rings.